The van der Waals surface area contributed by atoms with Crippen LogP contribution in [0, 0.1) is 0 Å². The maximum absolute atomic E-state index is 5.99. The minimum atomic E-state index is -0.617. The molecule has 0 aliphatic carbocycles. The van der Waals surface area contributed by atoms with Crippen molar-refractivity contribution in [3.05, 3.63) is 29.8 Å². The maximum Gasteiger partial charge on any atom is 0.187 e. The summed E-state index contributed by atoms with van der Waals surface area (Å²) < 4.78 is 34.4. The molecule has 4 rings (SSSR count). The Kier molecular flexibility index (Phi) is 3.82. The Hall–Kier alpha value is -1.18. The van der Waals surface area contributed by atoms with Crippen molar-refractivity contribution in [2.75, 3.05) is 13.7 Å². The third-order valence-electron chi connectivity index (χ3n) is 4.35. The van der Waals surface area contributed by atoms with Gasteiger partial charge in [0.2, 0.25) is 0 Å². The third kappa shape index (κ3) is 3.09. The van der Waals surface area contributed by atoms with Crippen molar-refractivity contribution >= 4 is 0 Å². The van der Waals surface area contributed by atoms with Gasteiger partial charge in [0.15, 0.2) is 12.1 Å². The summed E-state index contributed by atoms with van der Waals surface area (Å²) >= 11 is 0. The summed E-state index contributed by atoms with van der Waals surface area (Å²) in [5.74, 6) is 0.208. The number of ether oxygens (including phenoxy) is 6. The topological polar surface area (TPSA) is 58.7 Å². The Morgan fingerprint density at radius 3 is 2.43 bits per heavy atom. The van der Waals surface area contributed by atoms with E-state index >= 15 is 0 Å². The van der Waals surface area contributed by atoms with Crippen LogP contribution in [0.15, 0.2) is 24.3 Å². The van der Waals surface area contributed by atoms with E-state index in [1.54, 1.807) is 7.11 Å². The van der Waals surface area contributed by atoms with Crippen LogP contribution in [-0.4, -0.2) is 50.2 Å². The highest BCUT2D eigenvalue weighted by molar-refractivity contribution is 5.26. The molecule has 0 N–H and O–H groups in total. The third-order valence-corrected chi connectivity index (χ3v) is 4.35. The van der Waals surface area contributed by atoms with Gasteiger partial charge in [-0.1, -0.05) is 12.1 Å². The molecule has 3 heterocycles. The maximum atomic E-state index is 5.99. The second-order valence-corrected chi connectivity index (χ2v) is 6.56. The SMILES string of the molecule is COc1ccc(CO[C@H]2O[C@H](C3CO3)[C@@H]3OC(C)(C)O[C@H]23)cc1. The fourth-order valence-corrected chi connectivity index (χ4v) is 3.17. The zero-order valence-electron chi connectivity index (χ0n) is 13.6. The van der Waals surface area contributed by atoms with Gasteiger partial charge in [0.25, 0.3) is 0 Å². The first kappa shape index (κ1) is 15.4. The number of hydrogen-bond acceptors (Lipinski definition) is 6. The van der Waals surface area contributed by atoms with Gasteiger partial charge in [0.1, 0.15) is 30.2 Å². The van der Waals surface area contributed by atoms with E-state index in [1.807, 2.05) is 38.1 Å². The van der Waals surface area contributed by atoms with Crippen LogP contribution in [0.2, 0.25) is 0 Å². The zero-order valence-corrected chi connectivity index (χ0v) is 13.6. The molecule has 5 atom stereocenters. The first-order valence-corrected chi connectivity index (χ1v) is 7.93. The van der Waals surface area contributed by atoms with Crippen LogP contribution in [0.3, 0.4) is 0 Å². The molecule has 6 heteroatoms. The van der Waals surface area contributed by atoms with Gasteiger partial charge in [-0.05, 0) is 31.5 Å². The molecular formula is C17H22O6. The number of epoxide rings is 1. The lowest BCUT2D eigenvalue weighted by atomic mass is 10.1. The van der Waals surface area contributed by atoms with Crippen molar-refractivity contribution in [3.63, 3.8) is 0 Å². The van der Waals surface area contributed by atoms with E-state index in [4.69, 9.17) is 28.4 Å². The van der Waals surface area contributed by atoms with Crippen LogP contribution >= 0.6 is 0 Å². The predicted molar refractivity (Wildman–Crippen MR) is 80.0 cm³/mol. The Labute approximate surface area is 135 Å². The van der Waals surface area contributed by atoms with Gasteiger partial charge in [-0.3, -0.25) is 0 Å². The van der Waals surface area contributed by atoms with E-state index in [1.165, 1.54) is 0 Å². The molecule has 126 valence electrons. The van der Waals surface area contributed by atoms with Crippen molar-refractivity contribution in [1.82, 2.24) is 0 Å². The monoisotopic (exact) mass is 322 g/mol. The van der Waals surface area contributed by atoms with Gasteiger partial charge >= 0.3 is 0 Å². The smallest absolute Gasteiger partial charge is 0.187 e. The largest absolute Gasteiger partial charge is 0.497 e. The van der Waals surface area contributed by atoms with Crippen molar-refractivity contribution in [2.45, 2.75) is 56.9 Å². The molecule has 3 aliphatic rings. The predicted octanol–water partition coefficient (Wildman–Crippen LogP) is 1.86. The molecule has 0 saturated carbocycles. The molecular weight excluding hydrogens is 300 g/mol. The molecule has 0 aromatic heterocycles. The number of benzene rings is 1. The van der Waals surface area contributed by atoms with Crippen molar-refractivity contribution in [3.8, 4) is 5.75 Å². The summed E-state index contributed by atoms with van der Waals surface area (Å²) in [7, 11) is 1.65. The summed E-state index contributed by atoms with van der Waals surface area (Å²) in [4.78, 5) is 0. The van der Waals surface area contributed by atoms with Gasteiger partial charge in [-0.15, -0.1) is 0 Å². The van der Waals surface area contributed by atoms with Gasteiger partial charge in [0.05, 0.1) is 20.3 Å². The van der Waals surface area contributed by atoms with Gasteiger partial charge in [-0.2, -0.15) is 0 Å². The lowest BCUT2D eigenvalue weighted by Gasteiger charge is -2.23. The van der Waals surface area contributed by atoms with Crippen LogP contribution in [0.25, 0.3) is 0 Å². The van der Waals surface area contributed by atoms with E-state index in [0.29, 0.717) is 13.2 Å². The normalized spacial score (nSPS) is 37.6. The molecule has 3 aliphatic heterocycles. The molecule has 0 spiro atoms. The Bertz CT molecular complexity index is 553. The van der Waals surface area contributed by atoms with Gasteiger partial charge in [-0.25, -0.2) is 0 Å². The number of rotatable bonds is 5. The van der Waals surface area contributed by atoms with Crippen molar-refractivity contribution in [1.29, 1.82) is 0 Å². The van der Waals surface area contributed by atoms with E-state index in [-0.39, 0.29) is 24.4 Å². The van der Waals surface area contributed by atoms with Gasteiger partial charge < -0.3 is 28.4 Å². The first-order chi connectivity index (χ1) is 11.1. The van der Waals surface area contributed by atoms with Crippen LogP contribution < -0.4 is 4.74 Å². The number of hydrogen-bond donors (Lipinski definition) is 0. The fraction of sp³-hybridized carbons (Fsp3) is 0.647. The lowest BCUT2D eigenvalue weighted by molar-refractivity contribution is -0.238. The Morgan fingerprint density at radius 2 is 1.78 bits per heavy atom. The molecule has 6 nitrogen and oxygen atoms in total. The quantitative estimate of drug-likeness (QED) is 0.771. The van der Waals surface area contributed by atoms with Crippen LogP contribution in [-0.2, 0) is 30.3 Å². The molecule has 3 saturated heterocycles. The average molecular weight is 322 g/mol. The number of methoxy groups -OCH3 is 1. The highest BCUT2D eigenvalue weighted by atomic mass is 16.8. The molecule has 23 heavy (non-hydrogen) atoms. The summed E-state index contributed by atoms with van der Waals surface area (Å²) in [6.45, 7) is 4.98. The zero-order chi connectivity index (χ0) is 16.0. The lowest BCUT2D eigenvalue weighted by Crippen LogP contribution is -2.33. The van der Waals surface area contributed by atoms with E-state index in [2.05, 4.69) is 0 Å². The summed E-state index contributed by atoms with van der Waals surface area (Å²) in [6, 6.07) is 7.78. The Morgan fingerprint density at radius 1 is 1.09 bits per heavy atom. The van der Waals surface area contributed by atoms with Crippen LogP contribution in [0.1, 0.15) is 19.4 Å². The Balaban J connectivity index is 1.41. The highest BCUT2D eigenvalue weighted by Crippen LogP contribution is 2.42. The standard InChI is InChI=1S/C17H22O6/c1-17(2)22-14-13(12-9-19-12)21-16(15(14)23-17)20-8-10-4-6-11(18-3)7-5-10/h4-7,12-16H,8-9H2,1-3H3/t12?,13-,14+,15+,16+/m1/s1. The van der Waals surface area contributed by atoms with E-state index < -0.39 is 12.1 Å². The van der Waals surface area contributed by atoms with E-state index in [9.17, 15) is 0 Å². The minimum Gasteiger partial charge on any atom is -0.497 e. The molecule has 0 radical (unpaired) electrons. The molecule has 1 unspecified atom stereocenters. The summed E-state index contributed by atoms with van der Waals surface area (Å²) in [6.07, 6.45) is -0.842. The molecule has 0 amide bonds. The second-order valence-electron chi connectivity index (χ2n) is 6.56. The van der Waals surface area contributed by atoms with Crippen LogP contribution in [0.4, 0.5) is 0 Å². The van der Waals surface area contributed by atoms with Gasteiger partial charge in [0, 0.05) is 0 Å². The van der Waals surface area contributed by atoms with Crippen LogP contribution in [0.5, 0.6) is 5.75 Å². The second kappa shape index (κ2) is 5.72. The molecule has 1 aromatic carbocycles. The molecule has 3 fully saturated rings. The minimum absolute atomic E-state index is 0.0922. The summed E-state index contributed by atoms with van der Waals surface area (Å²) in [5.41, 5.74) is 1.05. The first-order valence-electron chi connectivity index (χ1n) is 7.93. The van der Waals surface area contributed by atoms with Crippen molar-refractivity contribution < 1.29 is 28.4 Å². The fourth-order valence-electron chi connectivity index (χ4n) is 3.17. The highest BCUT2D eigenvalue weighted by Gasteiger charge is 2.59. The average Bonchev–Trinajstić information content (AvgIpc) is 3.25. The van der Waals surface area contributed by atoms with E-state index in [0.717, 1.165) is 11.3 Å². The molecule has 0 bridgehead atoms. The van der Waals surface area contributed by atoms with Crippen molar-refractivity contribution in [2.24, 2.45) is 0 Å². The molecule has 1 aromatic rings. The number of fused-ring (bicyclic) bond motifs is 1. The summed E-state index contributed by atoms with van der Waals surface area (Å²) in [5, 5.41) is 0.